The monoisotopic (exact) mass is 409 g/mol. The van der Waals surface area contributed by atoms with Crippen molar-refractivity contribution in [2.45, 2.75) is 23.8 Å². The molecule has 1 heterocycles. The highest BCUT2D eigenvalue weighted by molar-refractivity contribution is 9.10. The number of carboxylic acid groups (broad SMARTS) is 1. The molecule has 2 aromatic rings. The van der Waals surface area contributed by atoms with Crippen molar-refractivity contribution in [2.24, 2.45) is 0 Å². The number of carboxylic acids is 1. The SMILES string of the molecule is O=C(O)CC1c2ccccc2CCN1S(=O)(=O)c1ccc(Br)cc1. The number of fused-ring (bicyclic) bond motifs is 1. The average molecular weight is 410 g/mol. The van der Waals surface area contributed by atoms with Crippen LogP contribution in [0.1, 0.15) is 23.6 Å². The van der Waals surface area contributed by atoms with Gasteiger partial charge in [0, 0.05) is 11.0 Å². The molecule has 0 aromatic heterocycles. The Hall–Kier alpha value is -1.70. The fraction of sp³-hybridized carbons (Fsp3) is 0.235. The van der Waals surface area contributed by atoms with Crippen LogP contribution in [-0.4, -0.2) is 30.3 Å². The summed E-state index contributed by atoms with van der Waals surface area (Å²) in [4.78, 5) is 11.5. The zero-order valence-electron chi connectivity index (χ0n) is 12.7. The van der Waals surface area contributed by atoms with Gasteiger partial charge in [-0.15, -0.1) is 0 Å². The molecule has 0 amide bonds. The molecule has 7 heteroatoms. The van der Waals surface area contributed by atoms with E-state index in [-0.39, 0.29) is 17.9 Å². The first-order valence-electron chi connectivity index (χ1n) is 7.46. The van der Waals surface area contributed by atoms with E-state index in [0.29, 0.717) is 6.42 Å². The highest BCUT2D eigenvalue weighted by Crippen LogP contribution is 2.36. The van der Waals surface area contributed by atoms with Gasteiger partial charge >= 0.3 is 5.97 Å². The second-order valence-corrected chi connectivity index (χ2v) is 8.44. The van der Waals surface area contributed by atoms with Gasteiger partial charge in [-0.25, -0.2) is 8.42 Å². The lowest BCUT2D eigenvalue weighted by Gasteiger charge is -2.35. The Balaban J connectivity index is 2.05. The lowest BCUT2D eigenvalue weighted by Crippen LogP contribution is -2.40. The molecular weight excluding hydrogens is 394 g/mol. The van der Waals surface area contributed by atoms with E-state index in [1.165, 1.54) is 16.4 Å². The normalized spacial score (nSPS) is 18.1. The first-order valence-corrected chi connectivity index (χ1v) is 9.70. The maximum absolute atomic E-state index is 13.0. The van der Waals surface area contributed by atoms with E-state index in [4.69, 9.17) is 0 Å². The minimum atomic E-state index is -3.77. The second-order valence-electron chi connectivity index (χ2n) is 5.63. The largest absolute Gasteiger partial charge is 0.481 e. The number of nitrogens with zero attached hydrogens (tertiary/aromatic N) is 1. The van der Waals surface area contributed by atoms with Crippen LogP contribution in [0, 0.1) is 0 Å². The van der Waals surface area contributed by atoms with E-state index in [1.54, 1.807) is 12.1 Å². The van der Waals surface area contributed by atoms with Crippen molar-refractivity contribution in [3.8, 4) is 0 Å². The smallest absolute Gasteiger partial charge is 0.305 e. The molecule has 2 aromatic carbocycles. The van der Waals surface area contributed by atoms with Crippen molar-refractivity contribution < 1.29 is 18.3 Å². The quantitative estimate of drug-likeness (QED) is 0.840. The van der Waals surface area contributed by atoms with Crippen LogP contribution in [0.5, 0.6) is 0 Å². The van der Waals surface area contributed by atoms with Gasteiger partial charge in [-0.05, 0) is 41.8 Å². The number of halogens is 1. The highest BCUT2D eigenvalue weighted by atomic mass is 79.9. The summed E-state index contributed by atoms with van der Waals surface area (Å²) in [7, 11) is -3.77. The number of hydrogen-bond acceptors (Lipinski definition) is 3. The fourth-order valence-electron chi connectivity index (χ4n) is 3.04. The lowest BCUT2D eigenvalue weighted by molar-refractivity contribution is -0.138. The van der Waals surface area contributed by atoms with Crippen LogP contribution in [0.15, 0.2) is 57.9 Å². The maximum atomic E-state index is 13.0. The zero-order valence-corrected chi connectivity index (χ0v) is 15.1. The summed E-state index contributed by atoms with van der Waals surface area (Å²) in [6, 6.07) is 13.1. The van der Waals surface area contributed by atoms with E-state index in [0.717, 1.165) is 15.6 Å². The first-order chi connectivity index (χ1) is 11.4. The molecule has 0 spiro atoms. The molecular formula is C17H16BrNO4S. The van der Waals surface area contributed by atoms with Gasteiger partial charge in [0.1, 0.15) is 0 Å². The van der Waals surface area contributed by atoms with Gasteiger partial charge in [0.15, 0.2) is 0 Å². The number of carbonyl (C=O) groups is 1. The molecule has 1 aliphatic heterocycles. The molecule has 126 valence electrons. The van der Waals surface area contributed by atoms with E-state index < -0.39 is 22.0 Å². The van der Waals surface area contributed by atoms with Gasteiger partial charge in [0.25, 0.3) is 0 Å². The van der Waals surface area contributed by atoms with Crippen molar-refractivity contribution >= 4 is 31.9 Å². The Morgan fingerprint density at radius 2 is 1.83 bits per heavy atom. The predicted molar refractivity (Wildman–Crippen MR) is 93.2 cm³/mol. The predicted octanol–water partition coefficient (Wildman–Crippen LogP) is 3.21. The highest BCUT2D eigenvalue weighted by Gasteiger charge is 2.37. The average Bonchev–Trinajstić information content (AvgIpc) is 2.55. The Kier molecular flexibility index (Phi) is 4.76. The molecule has 1 aliphatic rings. The molecule has 0 aliphatic carbocycles. The summed E-state index contributed by atoms with van der Waals surface area (Å²) in [5.74, 6) is -1.02. The van der Waals surface area contributed by atoms with Crippen molar-refractivity contribution in [3.05, 3.63) is 64.1 Å². The maximum Gasteiger partial charge on any atom is 0.305 e. The topological polar surface area (TPSA) is 74.7 Å². The third kappa shape index (κ3) is 3.24. The van der Waals surface area contributed by atoms with Crippen LogP contribution >= 0.6 is 15.9 Å². The minimum absolute atomic E-state index is 0.167. The summed E-state index contributed by atoms with van der Waals surface area (Å²) in [5, 5.41) is 9.25. The summed E-state index contributed by atoms with van der Waals surface area (Å²) >= 11 is 3.29. The van der Waals surface area contributed by atoms with Crippen LogP contribution in [0.4, 0.5) is 0 Å². The molecule has 3 rings (SSSR count). The Bertz CT molecular complexity index is 864. The number of sulfonamides is 1. The van der Waals surface area contributed by atoms with Gasteiger partial charge in [-0.3, -0.25) is 4.79 Å². The van der Waals surface area contributed by atoms with Gasteiger partial charge < -0.3 is 5.11 Å². The van der Waals surface area contributed by atoms with E-state index >= 15 is 0 Å². The van der Waals surface area contributed by atoms with Crippen LogP contribution < -0.4 is 0 Å². The zero-order chi connectivity index (χ0) is 17.3. The van der Waals surface area contributed by atoms with Crippen LogP contribution in [0.2, 0.25) is 0 Å². The van der Waals surface area contributed by atoms with E-state index in [1.807, 2.05) is 24.3 Å². The van der Waals surface area contributed by atoms with Crippen molar-refractivity contribution in [1.29, 1.82) is 0 Å². The summed E-state index contributed by atoms with van der Waals surface area (Å²) in [5.41, 5.74) is 1.78. The van der Waals surface area contributed by atoms with Crippen LogP contribution in [-0.2, 0) is 21.2 Å². The molecule has 0 saturated carbocycles. The Morgan fingerprint density at radius 1 is 1.17 bits per heavy atom. The van der Waals surface area contributed by atoms with Gasteiger partial charge in [0.05, 0.1) is 17.4 Å². The third-order valence-electron chi connectivity index (χ3n) is 4.15. The van der Waals surface area contributed by atoms with Crippen LogP contribution in [0.25, 0.3) is 0 Å². The molecule has 5 nitrogen and oxygen atoms in total. The molecule has 1 atom stereocenters. The van der Waals surface area contributed by atoms with Gasteiger partial charge in [-0.1, -0.05) is 40.2 Å². The first kappa shape index (κ1) is 17.1. The van der Waals surface area contributed by atoms with Gasteiger partial charge in [0.2, 0.25) is 10.0 Å². The molecule has 0 radical (unpaired) electrons. The summed E-state index contributed by atoms with van der Waals surface area (Å²) < 4.78 is 28.1. The van der Waals surface area contributed by atoms with Crippen molar-refractivity contribution in [2.75, 3.05) is 6.54 Å². The molecule has 24 heavy (non-hydrogen) atoms. The number of hydrogen-bond donors (Lipinski definition) is 1. The third-order valence-corrected chi connectivity index (χ3v) is 6.60. The molecule has 0 saturated heterocycles. The molecule has 0 fully saturated rings. The van der Waals surface area contributed by atoms with Crippen LogP contribution in [0.3, 0.4) is 0 Å². The molecule has 0 bridgehead atoms. The fourth-order valence-corrected chi connectivity index (χ4v) is 4.91. The molecule has 1 N–H and O–H groups in total. The molecule has 1 unspecified atom stereocenters. The lowest BCUT2D eigenvalue weighted by atomic mass is 9.92. The number of aliphatic carboxylic acids is 1. The second kappa shape index (κ2) is 6.66. The van der Waals surface area contributed by atoms with Crippen molar-refractivity contribution in [1.82, 2.24) is 4.31 Å². The van der Waals surface area contributed by atoms with E-state index in [2.05, 4.69) is 15.9 Å². The van der Waals surface area contributed by atoms with E-state index in [9.17, 15) is 18.3 Å². The van der Waals surface area contributed by atoms with Crippen molar-refractivity contribution in [3.63, 3.8) is 0 Å². The number of benzene rings is 2. The Labute approximate surface area is 149 Å². The summed E-state index contributed by atoms with van der Waals surface area (Å²) in [6.45, 7) is 0.271. The number of rotatable bonds is 4. The van der Waals surface area contributed by atoms with Gasteiger partial charge in [-0.2, -0.15) is 4.31 Å². The minimum Gasteiger partial charge on any atom is -0.481 e. The standard InChI is InChI=1S/C17H16BrNO4S/c18-13-5-7-14(8-6-13)24(22,23)19-10-9-12-3-1-2-4-15(12)16(19)11-17(20)21/h1-8,16H,9-11H2,(H,20,21). The Morgan fingerprint density at radius 3 is 2.50 bits per heavy atom. The summed E-state index contributed by atoms with van der Waals surface area (Å²) in [6.07, 6.45) is 0.314.